The van der Waals surface area contributed by atoms with Crippen LogP contribution in [0.15, 0.2) is 18.2 Å². The fourth-order valence-electron chi connectivity index (χ4n) is 2.62. The van der Waals surface area contributed by atoms with Gasteiger partial charge in [-0.1, -0.05) is 6.92 Å². The predicted molar refractivity (Wildman–Crippen MR) is 92.9 cm³/mol. The van der Waals surface area contributed by atoms with Crippen LogP contribution in [0.25, 0.3) is 0 Å². The van der Waals surface area contributed by atoms with Gasteiger partial charge in [0.05, 0.1) is 11.7 Å². The molecule has 0 saturated heterocycles. The molecule has 0 spiro atoms. The third kappa shape index (κ3) is 4.27. The Balaban J connectivity index is 2.14. The van der Waals surface area contributed by atoms with Gasteiger partial charge >= 0.3 is 0 Å². The van der Waals surface area contributed by atoms with E-state index >= 15 is 0 Å². The molecule has 1 fully saturated rings. The average molecular weight is 330 g/mol. The van der Waals surface area contributed by atoms with Crippen LogP contribution in [0, 0.1) is 17.2 Å². The van der Waals surface area contributed by atoms with Crippen molar-refractivity contribution < 1.29 is 14.3 Å². The molecular weight excluding hydrogens is 304 g/mol. The second kappa shape index (κ2) is 7.67. The molecule has 0 bridgehead atoms. The highest BCUT2D eigenvalue weighted by molar-refractivity contribution is 5.97. The van der Waals surface area contributed by atoms with Crippen molar-refractivity contribution >= 4 is 11.6 Å². The van der Waals surface area contributed by atoms with E-state index < -0.39 is 5.60 Å². The van der Waals surface area contributed by atoms with Crippen molar-refractivity contribution in [2.45, 2.75) is 58.7 Å². The monoisotopic (exact) mass is 330 g/mol. The molecule has 24 heavy (non-hydrogen) atoms. The second-order valence-corrected chi connectivity index (χ2v) is 6.67. The summed E-state index contributed by atoms with van der Waals surface area (Å²) in [6.07, 6.45) is 2.88. The minimum Gasteiger partial charge on any atom is -0.490 e. The first-order chi connectivity index (χ1) is 11.4. The minimum absolute atomic E-state index is 0.0156. The summed E-state index contributed by atoms with van der Waals surface area (Å²) in [7, 11) is 0. The van der Waals surface area contributed by atoms with E-state index in [2.05, 4.69) is 11.4 Å². The molecular formula is C19H26N2O3. The number of hydrogen-bond donors (Lipinski definition) is 1. The third-order valence-electron chi connectivity index (χ3n) is 4.13. The maximum absolute atomic E-state index is 12.7. The summed E-state index contributed by atoms with van der Waals surface area (Å²) in [6, 6.07) is 7.23. The fourth-order valence-corrected chi connectivity index (χ4v) is 2.62. The number of ether oxygens (including phenoxy) is 2. The first-order valence-corrected chi connectivity index (χ1v) is 8.57. The Bertz CT molecular complexity index is 632. The Kier molecular flexibility index (Phi) is 5.84. The Labute approximate surface area is 144 Å². The van der Waals surface area contributed by atoms with E-state index in [1.54, 1.807) is 18.2 Å². The van der Waals surface area contributed by atoms with Crippen LogP contribution in [0.5, 0.6) is 5.75 Å². The lowest BCUT2D eigenvalue weighted by Crippen LogP contribution is -2.45. The fraction of sp³-hybridized carbons (Fsp3) is 0.579. The summed E-state index contributed by atoms with van der Waals surface area (Å²) in [5, 5.41) is 12.2. The van der Waals surface area contributed by atoms with E-state index in [4.69, 9.17) is 9.47 Å². The molecule has 1 aliphatic carbocycles. The van der Waals surface area contributed by atoms with Crippen molar-refractivity contribution in [3.63, 3.8) is 0 Å². The van der Waals surface area contributed by atoms with Crippen molar-refractivity contribution in [3.8, 4) is 11.8 Å². The summed E-state index contributed by atoms with van der Waals surface area (Å²) in [4.78, 5) is 12.7. The van der Waals surface area contributed by atoms with Gasteiger partial charge in [0.1, 0.15) is 17.4 Å². The van der Waals surface area contributed by atoms with Gasteiger partial charge in [0.25, 0.3) is 5.91 Å². The van der Waals surface area contributed by atoms with Crippen LogP contribution in [-0.2, 0) is 9.53 Å². The van der Waals surface area contributed by atoms with Crippen LogP contribution in [-0.4, -0.2) is 24.2 Å². The molecule has 5 heteroatoms. The average Bonchev–Trinajstić information content (AvgIpc) is 3.38. The van der Waals surface area contributed by atoms with Gasteiger partial charge in [-0.25, -0.2) is 0 Å². The third-order valence-corrected chi connectivity index (χ3v) is 4.13. The standard InChI is InChI=1S/C19H26N2O3/c1-5-10-23-19(4,15-6-7-15)18(22)21-16-8-9-17(24-13(2)3)14(11-16)12-20/h8-9,11,13,15H,5-7,10H2,1-4H3,(H,21,22). The van der Waals surface area contributed by atoms with Gasteiger partial charge in [-0.05, 0) is 64.2 Å². The van der Waals surface area contributed by atoms with Gasteiger partial charge in [0.2, 0.25) is 0 Å². The van der Waals surface area contributed by atoms with E-state index in [-0.39, 0.29) is 17.9 Å². The molecule has 0 radical (unpaired) electrons. The van der Waals surface area contributed by atoms with Gasteiger partial charge in [0.15, 0.2) is 0 Å². The molecule has 1 saturated carbocycles. The number of nitrogens with one attached hydrogen (secondary N) is 1. The van der Waals surface area contributed by atoms with Crippen LogP contribution in [0.2, 0.25) is 0 Å². The van der Waals surface area contributed by atoms with Gasteiger partial charge in [-0.15, -0.1) is 0 Å². The first-order valence-electron chi connectivity index (χ1n) is 8.57. The normalized spacial score (nSPS) is 16.3. The molecule has 5 nitrogen and oxygen atoms in total. The summed E-state index contributed by atoms with van der Waals surface area (Å²) in [6.45, 7) is 8.26. The maximum atomic E-state index is 12.7. The van der Waals surface area contributed by atoms with Gasteiger partial charge in [0, 0.05) is 12.3 Å². The van der Waals surface area contributed by atoms with Crippen molar-refractivity contribution in [2.24, 2.45) is 5.92 Å². The number of carbonyl (C=O) groups is 1. The summed E-state index contributed by atoms with van der Waals surface area (Å²) >= 11 is 0. The topological polar surface area (TPSA) is 71.3 Å². The zero-order valence-electron chi connectivity index (χ0n) is 14.9. The highest BCUT2D eigenvalue weighted by Gasteiger charge is 2.48. The summed E-state index contributed by atoms with van der Waals surface area (Å²) in [5.41, 5.74) is 0.180. The lowest BCUT2D eigenvalue weighted by molar-refractivity contribution is -0.142. The molecule has 1 atom stereocenters. The van der Waals surface area contributed by atoms with E-state index in [1.807, 2.05) is 27.7 Å². The Morgan fingerprint density at radius 2 is 2.17 bits per heavy atom. The maximum Gasteiger partial charge on any atom is 0.256 e. The van der Waals surface area contributed by atoms with Crippen LogP contribution in [0.4, 0.5) is 5.69 Å². The van der Waals surface area contributed by atoms with Crippen LogP contribution >= 0.6 is 0 Å². The second-order valence-electron chi connectivity index (χ2n) is 6.67. The first kappa shape index (κ1) is 18.3. The number of anilines is 1. The number of nitriles is 1. The molecule has 0 heterocycles. The molecule has 1 aromatic carbocycles. The van der Waals surface area contributed by atoms with E-state index in [0.29, 0.717) is 23.6 Å². The zero-order valence-corrected chi connectivity index (χ0v) is 14.9. The molecule has 0 aliphatic heterocycles. The Morgan fingerprint density at radius 3 is 2.71 bits per heavy atom. The van der Waals surface area contributed by atoms with E-state index in [9.17, 15) is 10.1 Å². The smallest absolute Gasteiger partial charge is 0.256 e. The van der Waals surface area contributed by atoms with E-state index in [1.165, 1.54) is 0 Å². The lowest BCUT2D eigenvalue weighted by Gasteiger charge is -2.28. The van der Waals surface area contributed by atoms with Gasteiger partial charge < -0.3 is 14.8 Å². The molecule has 1 amide bonds. The number of carbonyl (C=O) groups excluding carboxylic acids is 1. The molecule has 1 aromatic rings. The number of benzene rings is 1. The number of nitrogens with zero attached hydrogens (tertiary/aromatic N) is 1. The van der Waals surface area contributed by atoms with Crippen molar-refractivity contribution in [2.75, 3.05) is 11.9 Å². The Morgan fingerprint density at radius 1 is 1.46 bits per heavy atom. The van der Waals surface area contributed by atoms with Crippen LogP contribution < -0.4 is 10.1 Å². The van der Waals surface area contributed by atoms with Crippen LogP contribution in [0.3, 0.4) is 0 Å². The molecule has 1 N–H and O–H groups in total. The molecule has 1 aliphatic rings. The molecule has 130 valence electrons. The minimum atomic E-state index is -0.810. The molecule has 2 rings (SSSR count). The van der Waals surface area contributed by atoms with Crippen molar-refractivity contribution in [1.82, 2.24) is 0 Å². The summed E-state index contributed by atoms with van der Waals surface area (Å²) < 4.78 is 11.5. The summed E-state index contributed by atoms with van der Waals surface area (Å²) in [5.74, 6) is 0.639. The quantitative estimate of drug-likeness (QED) is 0.785. The molecule has 1 unspecified atom stereocenters. The zero-order chi connectivity index (χ0) is 17.7. The number of rotatable bonds is 8. The Hall–Kier alpha value is -2.06. The van der Waals surface area contributed by atoms with Gasteiger partial charge in [-0.3, -0.25) is 4.79 Å². The van der Waals surface area contributed by atoms with Crippen LogP contribution in [0.1, 0.15) is 52.5 Å². The number of hydrogen-bond acceptors (Lipinski definition) is 4. The number of amides is 1. The van der Waals surface area contributed by atoms with Crippen molar-refractivity contribution in [3.05, 3.63) is 23.8 Å². The lowest BCUT2D eigenvalue weighted by atomic mass is 9.98. The highest BCUT2D eigenvalue weighted by Crippen LogP contribution is 2.42. The van der Waals surface area contributed by atoms with Gasteiger partial charge in [-0.2, -0.15) is 5.26 Å². The van der Waals surface area contributed by atoms with E-state index in [0.717, 1.165) is 19.3 Å². The largest absolute Gasteiger partial charge is 0.490 e. The SMILES string of the molecule is CCCOC(C)(C(=O)Nc1ccc(OC(C)C)c(C#N)c1)C1CC1. The molecule has 0 aromatic heterocycles. The highest BCUT2D eigenvalue weighted by atomic mass is 16.5. The van der Waals surface area contributed by atoms with Crippen molar-refractivity contribution in [1.29, 1.82) is 5.26 Å². The predicted octanol–water partition coefficient (Wildman–Crippen LogP) is 3.88.